The molecule has 0 radical (unpaired) electrons. The number of allylic oxidation sites excluding steroid dienone is 1. The summed E-state index contributed by atoms with van der Waals surface area (Å²) < 4.78 is 0. The van der Waals surface area contributed by atoms with Gasteiger partial charge in [-0.05, 0) is 18.1 Å². The molecule has 1 aliphatic heterocycles. The average Bonchev–Trinajstić information content (AvgIpc) is 2.15. The van der Waals surface area contributed by atoms with Crippen molar-refractivity contribution in [2.24, 2.45) is 0 Å². The molecule has 0 aliphatic carbocycles. The zero-order chi connectivity index (χ0) is 9.42. The van der Waals surface area contributed by atoms with Crippen LogP contribution >= 0.6 is 0 Å². The summed E-state index contributed by atoms with van der Waals surface area (Å²) in [7, 11) is 2.03. The molecule has 0 N–H and O–H groups in total. The Morgan fingerprint density at radius 1 is 1.15 bits per heavy atom. The number of rotatable bonds is 0. The molecule has 66 valence electrons. The average molecular weight is 171 g/mol. The maximum Gasteiger partial charge on any atom is 0.0410 e. The topological polar surface area (TPSA) is 3.24 Å². The quantitative estimate of drug-likeness (QED) is 0.580. The zero-order valence-corrected chi connectivity index (χ0v) is 8.04. The van der Waals surface area contributed by atoms with Crippen molar-refractivity contribution in [3.63, 3.8) is 0 Å². The summed E-state index contributed by atoms with van der Waals surface area (Å²) in [5.41, 5.74) is 4.90. The highest BCUT2D eigenvalue weighted by Gasteiger charge is 2.14. The lowest BCUT2D eigenvalue weighted by Gasteiger charge is -2.26. The van der Waals surface area contributed by atoms with Gasteiger partial charge in [0.05, 0.1) is 0 Å². The number of nitrogens with zero attached hydrogens (tertiary/aromatic N) is 1. The first-order valence-corrected chi connectivity index (χ1v) is 4.40. The molecule has 1 heteroatoms. The third-order valence-corrected chi connectivity index (χ3v) is 2.48. The van der Waals surface area contributed by atoms with E-state index in [0.29, 0.717) is 0 Å². The lowest BCUT2D eigenvalue weighted by Crippen LogP contribution is -2.14. The predicted molar refractivity (Wildman–Crippen MR) is 56.9 cm³/mol. The highest BCUT2D eigenvalue weighted by molar-refractivity contribution is 5.81. The van der Waals surface area contributed by atoms with Gasteiger partial charge in [-0.15, -0.1) is 0 Å². The third-order valence-electron chi connectivity index (χ3n) is 2.48. The molecule has 2 rings (SSSR count). The second-order valence-corrected chi connectivity index (χ2v) is 3.42. The van der Waals surface area contributed by atoms with Crippen LogP contribution in [-0.2, 0) is 0 Å². The van der Waals surface area contributed by atoms with E-state index in [0.717, 1.165) is 5.70 Å². The molecule has 0 atom stereocenters. The first-order valence-electron chi connectivity index (χ1n) is 4.40. The molecule has 0 unspecified atom stereocenters. The number of benzene rings is 1. The summed E-state index contributed by atoms with van der Waals surface area (Å²) in [5, 5.41) is 0. The fourth-order valence-electron chi connectivity index (χ4n) is 1.71. The Balaban J connectivity index is 2.65. The lowest BCUT2D eigenvalue weighted by atomic mass is 9.96. The van der Waals surface area contributed by atoms with Crippen LogP contribution in [0.1, 0.15) is 18.1 Å². The molecule has 1 aromatic rings. The molecule has 0 saturated heterocycles. The maximum atomic E-state index is 4.05. The SMILES string of the molecule is C=C1c2ccccc2C(C)=CN1C. The summed E-state index contributed by atoms with van der Waals surface area (Å²) in [6.07, 6.45) is 2.12. The van der Waals surface area contributed by atoms with Crippen LogP contribution in [0, 0.1) is 0 Å². The molecule has 1 nitrogen and oxygen atoms in total. The Labute approximate surface area is 79.0 Å². The van der Waals surface area contributed by atoms with Gasteiger partial charge >= 0.3 is 0 Å². The third kappa shape index (κ3) is 1.17. The molecule has 0 bridgehead atoms. The van der Waals surface area contributed by atoms with Crippen LogP contribution in [0.15, 0.2) is 37.0 Å². The molecular formula is C12H13N. The summed E-state index contributed by atoms with van der Waals surface area (Å²) >= 11 is 0. The summed E-state index contributed by atoms with van der Waals surface area (Å²) in [6, 6.07) is 8.37. The second-order valence-electron chi connectivity index (χ2n) is 3.42. The van der Waals surface area contributed by atoms with Gasteiger partial charge < -0.3 is 4.90 Å². The van der Waals surface area contributed by atoms with E-state index in [2.05, 4.69) is 48.9 Å². The first kappa shape index (κ1) is 8.11. The molecular weight excluding hydrogens is 158 g/mol. The molecule has 0 amide bonds. The van der Waals surface area contributed by atoms with Gasteiger partial charge in [-0.2, -0.15) is 0 Å². The fraction of sp³-hybridized carbons (Fsp3) is 0.167. The standard InChI is InChI=1S/C12H13N/c1-9-8-13(3)10(2)12-7-5-4-6-11(9)12/h4-8H,2H2,1,3H3. The smallest absolute Gasteiger partial charge is 0.0410 e. The van der Waals surface area contributed by atoms with E-state index in [1.165, 1.54) is 16.7 Å². The fourth-order valence-corrected chi connectivity index (χ4v) is 1.71. The van der Waals surface area contributed by atoms with Gasteiger partial charge in [0.1, 0.15) is 0 Å². The van der Waals surface area contributed by atoms with E-state index in [1.54, 1.807) is 0 Å². The lowest BCUT2D eigenvalue weighted by molar-refractivity contribution is 0.652. The normalized spacial score (nSPS) is 15.4. The van der Waals surface area contributed by atoms with Crippen molar-refractivity contribution in [2.45, 2.75) is 6.92 Å². The summed E-state index contributed by atoms with van der Waals surface area (Å²) in [4.78, 5) is 2.07. The zero-order valence-electron chi connectivity index (χ0n) is 8.04. The number of fused-ring (bicyclic) bond motifs is 1. The van der Waals surface area contributed by atoms with Crippen molar-refractivity contribution in [3.05, 3.63) is 48.2 Å². The first-order chi connectivity index (χ1) is 6.20. The van der Waals surface area contributed by atoms with Crippen LogP contribution in [0.25, 0.3) is 11.3 Å². The second kappa shape index (κ2) is 2.77. The highest BCUT2D eigenvalue weighted by atomic mass is 15.1. The van der Waals surface area contributed by atoms with E-state index in [4.69, 9.17) is 0 Å². The molecule has 1 aliphatic rings. The number of hydrogen-bond donors (Lipinski definition) is 0. The molecule has 1 aromatic carbocycles. The minimum atomic E-state index is 1.07. The summed E-state index contributed by atoms with van der Waals surface area (Å²) in [5.74, 6) is 0. The molecule has 0 aromatic heterocycles. The minimum Gasteiger partial charge on any atom is -0.351 e. The van der Waals surface area contributed by atoms with Gasteiger partial charge in [0.25, 0.3) is 0 Å². The van der Waals surface area contributed by atoms with Gasteiger partial charge in [-0.25, -0.2) is 0 Å². The highest BCUT2D eigenvalue weighted by Crippen LogP contribution is 2.31. The van der Waals surface area contributed by atoms with Crippen LogP contribution in [0.2, 0.25) is 0 Å². The van der Waals surface area contributed by atoms with Crippen molar-refractivity contribution in [3.8, 4) is 0 Å². The van der Waals surface area contributed by atoms with E-state index < -0.39 is 0 Å². The van der Waals surface area contributed by atoms with Crippen molar-refractivity contribution < 1.29 is 0 Å². The summed E-state index contributed by atoms with van der Waals surface area (Å²) in [6.45, 7) is 6.18. The van der Waals surface area contributed by atoms with Crippen LogP contribution in [-0.4, -0.2) is 11.9 Å². The minimum absolute atomic E-state index is 1.07. The van der Waals surface area contributed by atoms with Gasteiger partial charge in [-0.3, -0.25) is 0 Å². The monoisotopic (exact) mass is 171 g/mol. The van der Waals surface area contributed by atoms with Crippen molar-refractivity contribution in [1.29, 1.82) is 0 Å². The van der Waals surface area contributed by atoms with Crippen molar-refractivity contribution >= 4 is 11.3 Å². The van der Waals surface area contributed by atoms with E-state index in [9.17, 15) is 0 Å². The van der Waals surface area contributed by atoms with Crippen molar-refractivity contribution in [1.82, 2.24) is 4.90 Å². The van der Waals surface area contributed by atoms with Gasteiger partial charge in [-0.1, -0.05) is 30.8 Å². The molecule has 0 saturated carbocycles. The van der Waals surface area contributed by atoms with E-state index >= 15 is 0 Å². The van der Waals surface area contributed by atoms with Crippen molar-refractivity contribution in [2.75, 3.05) is 7.05 Å². The van der Waals surface area contributed by atoms with Crippen LogP contribution in [0.3, 0.4) is 0 Å². The van der Waals surface area contributed by atoms with Gasteiger partial charge in [0.15, 0.2) is 0 Å². The van der Waals surface area contributed by atoms with Crippen LogP contribution < -0.4 is 0 Å². The Morgan fingerprint density at radius 2 is 1.77 bits per heavy atom. The molecule has 13 heavy (non-hydrogen) atoms. The number of hydrogen-bond acceptors (Lipinski definition) is 1. The van der Waals surface area contributed by atoms with Gasteiger partial charge in [0, 0.05) is 24.5 Å². The molecule has 1 heterocycles. The van der Waals surface area contributed by atoms with E-state index in [-0.39, 0.29) is 0 Å². The van der Waals surface area contributed by atoms with E-state index in [1.807, 2.05) is 7.05 Å². The Morgan fingerprint density at radius 3 is 2.46 bits per heavy atom. The maximum absolute atomic E-state index is 4.05. The largest absolute Gasteiger partial charge is 0.351 e. The molecule has 0 spiro atoms. The Bertz CT molecular complexity index is 388. The predicted octanol–water partition coefficient (Wildman–Crippen LogP) is 2.96. The van der Waals surface area contributed by atoms with Crippen LogP contribution in [0.5, 0.6) is 0 Å². The van der Waals surface area contributed by atoms with Crippen LogP contribution in [0.4, 0.5) is 0 Å². The Hall–Kier alpha value is -1.50. The molecule has 0 fully saturated rings. The van der Waals surface area contributed by atoms with Gasteiger partial charge in [0.2, 0.25) is 0 Å². The Kier molecular flexibility index (Phi) is 1.73.